The lowest BCUT2D eigenvalue weighted by Gasteiger charge is -2.53. The van der Waals surface area contributed by atoms with Crippen molar-refractivity contribution in [2.75, 3.05) is 59.5 Å². The fraction of sp³-hybridized carbons (Fsp3) is 0.967. The Hall–Kier alpha value is -0.530. The first kappa shape index (κ1) is 31.7. The number of likely N-dealkylation sites (tertiary alicyclic amines) is 1. The molecule has 212 valence electrons. The number of hydrogen-bond donors (Lipinski definition) is 0. The van der Waals surface area contributed by atoms with E-state index in [0.717, 1.165) is 58.3 Å². The van der Waals surface area contributed by atoms with Crippen LogP contribution < -0.4 is 0 Å². The summed E-state index contributed by atoms with van der Waals surface area (Å²) in [6, 6.07) is -0.0387. The molecule has 0 aliphatic carbocycles. The molecule has 36 heavy (non-hydrogen) atoms. The van der Waals surface area contributed by atoms with Crippen LogP contribution in [-0.2, 0) is 9.53 Å². The average Bonchev–Trinajstić information content (AvgIpc) is 2.82. The largest absolute Gasteiger partial charge is 0.377 e. The van der Waals surface area contributed by atoms with Gasteiger partial charge in [-0.2, -0.15) is 0 Å². The Morgan fingerprint density at radius 2 is 1.47 bits per heavy atom. The van der Waals surface area contributed by atoms with E-state index in [1.165, 1.54) is 19.3 Å². The number of piperidine rings is 1. The summed E-state index contributed by atoms with van der Waals surface area (Å²) in [6.45, 7) is 31.5. The molecule has 6 heteroatoms. The lowest BCUT2D eigenvalue weighted by atomic mass is 9.67. The maximum atomic E-state index is 12.3. The number of hydrogen-bond acceptors (Lipinski definition) is 6. The van der Waals surface area contributed by atoms with Crippen LogP contribution >= 0.6 is 0 Å². The molecule has 0 aromatic carbocycles. The summed E-state index contributed by atoms with van der Waals surface area (Å²) >= 11 is 0. The van der Waals surface area contributed by atoms with Gasteiger partial charge in [0, 0.05) is 57.8 Å². The third-order valence-corrected chi connectivity index (χ3v) is 9.61. The smallest absolute Gasteiger partial charge is 0.149 e. The molecule has 2 saturated heterocycles. The van der Waals surface area contributed by atoms with Gasteiger partial charge in [-0.25, -0.2) is 0 Å². The molecule has 2 fully saturated rings. The third kappa shape index (κ3) is 8.23. The van der Waals surface area contributed by atoms with E-state index in [0.29, 0.717) is 23.7 Å². The minimum absolute atomic E-state index is 0.0387. The molecule has 1 unspecified atom stereocenters. The SMILES string of the molecule is CCC(=O)C(C)N(C)C(C)(C)N1CCC(C(C)(C)CC(C)(C)N2CCN(CCOC(C)C)CC2)CC1. The van der Waals surface area contributed by atoms with Crippen LogP contribution in [0, 0.1) is 11.3 Å². The fourth-order valence-corrected chi connectivity index (χ4v) is 6.78. The second-order valence-electron chi connectivity index (χ2n) is 13.6. The number of ketones is 1. The molecule has 0 amide bonds. The van der Waals surface area contributed by atoms with E-state index in [-0.39, 0.29) is 17.2 Å². The predicted octanol–water partition coefficient (Wildman–Crippen LogP) is 4.97. The molecule has 2 aliphatic rings. The highest BCUT2D eigenvalue weighted by Gasteiger charge is 2.43. The average molecular weight is 509 g/mol. The van der Waals surface area contributed by atoms with Crippen LogP contribution in [0.25, 0.3) is 0 Å². The van der Waals surface area contributed by atoms with Gasteiger partial charge in [-0.05, 0) is 86.1 Å². The van der Waals surface area contributed by atoms with Crippen LogP contribution in [0.3, 0.4) is 0 Å². The topological polar surface area (TPSA) is 39.3 Å². The van der Waals surface area contributed by atoms with Gasteiger partial charge >= 0.3 is 0 Å². The zero-order valence-corrected chi connectivity index (χ0v) is 25.8. The first-order chi connectivity index (χ1) is 16.6. The van der Waals surface area contributed by atoms with Crippen LogP contribution in [0.2, 0.25) is 0 Å². The lowest BCUT2D eigenvalue weighted by Crippen LogP contribution is -2.61. The normalized spacial score (nSPS) is 21.5. The molecule has 2 aliphatic heterocycles. The number of nitrogens with zero attached hydrogens (tertiary/aromatic N) is 4. The molecule has 0 N–H and O–H groups in total. The summed E-state index contributed by atoms with van der Waals surface area (Å²) in [4.78, 5) is 22.5. The summed E-state index contributed by atoms with van der Waals surface area (Å²) < 4.78 is 5.76. The van der Waals surface area contributed by atoms with E-state index in [1.54, 1.807) is 0 Å². The molecular weight excluding hydrogens is 448 g/mol. The van der Waals surface area contributed by atoms with Crippen LogP contribution in [0.1, 0.15) is 94.9 Å². The number of carbonyl (C=O) groups excluding carboxylic acids is 1. The van der Waals surface area contributed by atoms with Gasteiger partial charge in [-0.15, -0.1) is 0 Å². The zero-order valence-electron chi connectivity index (χ0n) is 25.8. The molecule has 0 aromatic rings. The van der Waals surface area contributed by atoms with Gasteiger partial charge in [0.15, 0.2) is 0 Å². The zero-order chi connectivity index (χ0) is 27.3. The minimum atomic E-state index is -0.113. The van der Waals surface area contributed by atoms with E-state index < -0.39 is 0 Å². The molecule has 0 bridgehead atoms. The summed E-state index contributed by atoms with van der Waals surface area (Å²) in [5.74, 6) is 1.06. The molecule has 0 radical (unpaired) electrons. The highest BCUT2D eigenvalue weighted by atomic mass is 16.5. The van der Waals surface area contributed by atoms with Crippen molar-refractivity contribution >= 4 is 5.78 Å². The van der Waals surface area contributed by atoms with Crippen LogP contribution in [-0.4, -0.2) is 108 Å². The first-order valence-corrected chi connectivity index (χ1v) is 14.7. The van der Waals surface area contributed by atoms with E-state index in [9.17, 15) is 4.79 Å². The van der Waals surface area contributed by atoms with Crippen molar-refractivity contribution in [3.63, 3.8) is 0 Å². The predicted molar refractivity (Wildman–Crippen MR) is 152 cm³/mol. The lowest BCUT2D eigenvalue weighted by molar-refractivity contribution is -0.130. The van der Waals surface area contributed by atoms with Crippen molar-refractivity contribution in [3.05, 3.63) is 0 Å². The molecule has 0 saturated carbocycles. The Morgan fingerprint density at radius 1 is 0.917 bits per heavy atom. The number of carbonyl (C=O) groups is 1. The van der Waals surface area contributed by atoms with Gasteiger partial charge in [-0.3, -0.25) is 24.4 Å². The van der Waals surface area contributed by atoms with Gasteiger partial charge in [0.25, 0.3) is 0 Å². The summed E-state index contributed by atoms with van der Waals surface area (Å²) in [7, 11) is 2.12. The Labute approximate surface area is 224 Å². The summed E-state index contributed by atoms with van der Waals surface area (Å²) in [6.07, 6.45) is 4.63. The number of likely N-dealkylation sites (N-methyl/N-ethyl adjacent to an activating group) is 1. The van der Waals surface area contributed by atoms with Crippen molar-refractivity contribution < 1.29 is 9.53 Å². The van der Waals surface area contributed by atoms with E-state index in [2.05, 4.69) is 89.0 Å². The quantitative estimate of drug-likeness (QED) is 0.350. The molecule has 6 nitrogen and oxygen atoms in total. The van der Waals surface area contributed by atoms with Gasteiger partial charge in [0.1, 0.15) is 5.78 Å². The van der Waals surface area contributed by atoms with Crippen molar-refractivity contribution in [1.29, 1.82) is 0 Å². The highest BCUT2D eigenvalue weighted by Crippen LogP contribution is 2.43. The number of piperazine rings is 1. The van der Waals surface area contributed by atoms with Crippen LogP contribution in [0.15, 0.2) is 0 Å². The fourth-order valence-electron chi connectivity index (χ4n) is 6.78. The van der Waals surface area contributed by atoms with E-state index in [4.69, 9.17) is 4.74 Å². The van der Waals surface area contributed by atoms with Crippen molar-refractivity contribution in [2.45, 2.75) is 118 Å². The van der Waals surface area contributed by atoms with Crippen LogP contribution in [0.4, 0.5) is 0 Å². The molecular formula is C30H60N4O2. The van der Waals surface area contributed by atoms with Crippen molar-refractivity contribution in [2.24, 2.45) is 11.3 Å². The minimum Gasteiger partial charge on any atom is -0.377 e. The molecule has 2 rings (SSSR count). The molecule has 0 aromatic heterocycles. The number of ether oxygens (including phenoxy) is 1. The summed E-state index contributed by atoms with van der Waals surface area (Å²) in [5.41, 5.74) is 0.397. The maximum absolute atomic E-state index is 12.3. The molecule has 1 atom stereocenters. The van der Waals surface area contributed by atoms with Gasteiger partial charge in [0.2, 0.25) is 0 Å². The Bertz CT molecular complexity index is 674. The second kappa shape index (κ2) is 13.0. The molecule has 2 heterocycles. The van der Waals surface area contributed by atoms with Crippen molar-refractivity contribution in [1.82, 2.24) is 19.6 Å². The van der Waals surface area contributed by atoms with E-state index >= 15 is 0 Å². The standard InChI is InChI=1S/C30H60N4O2/c1-12-27(35)25(4)31(11)30(9,10)34-15-13-26(14-16-34)28(5,6)23-29(7,8)33-19-17-32(18-20-33)21-22-36-24(2)3/h24-26H,12-23H2,1-11H3. The number of rotatable bonds is 13. The summed E-state index contributed by atoms with van der Waals surface area (Å²) in [5, 5.41) is 0. The van der Waals surface area contributed by atoms with Gasteiger partial charge in [0.05, 0.1) is 24.4 Å². The first-order valence-electron chi connectivity index (χ1n) is 14.7. The van der Waals surface area contributed by atoms with Crippen LogP contribution in [0.5, 0.6) is 0 Å². The highest BCUT2D eigenvalue weighted by molar-refractivity contribution is 5.83. The van der Waals surface area contributed by atoms with Gasteiger partial charge in [-0.1, -0.05) is 20.8 Å². The second-order valence-corrected chi connectivity index (χ2v) is 13.6. The number of Topliss-reactive ketones (excluding diaryl/α,β-unsaturated/α-hetero) is 1. The monoisotopic (exact) mass is 508 g/mol. The Morgan fingerprint density at radius 3 is 1.97 bits per heavy atom. The molecule has 0 spiro atoms. The maximum Gasteiger partial charge on any atom is 0.149 e. The van der Waals surface area contributed by atoms with Crippen molar-refractivity contribution in [3.8, 4) is 0 Å². The Kier molecular flexibility index (Phi) is 11.5. The third-order valence-electron chi connectivity index (χ3n) is 9.61. The van der Waals surface area contributed by atoms with E-state index in [1.807, 2.05) is 6.92 Å². The Balaban J connectivity index is 1.88. The van der Waals surface area contributed by atoms with Gasteiger partial charge < -0.3 is 4.74 Å².